The first kappa shape index (κ1) is 16.8. The molecular weight excluding hydrogens is 272 g/mol. The maximum Gasteiger partial charge on any atom is 0.337 e. The Morgan fingerprint density at radius 3 is 2.71 bits per heavy atom. The maximum absolute atomic E-state index is 11.7. The van der Waals surface area contributed by atoms with E-state index in [-0.39, 0.29) is 24.3 Å². The molecular formula is C15H22N2O4. The lowest BCUT2D eigenvalue weighted by atomic mass is 10.2. The second-order valence-corrected chi connectivity index (χ2v) is 4.79. The highest BCUT2D eigenvalue weighted by Crippen LogP contribution is 2.23. The van der Waals surface area contributed by atoms with Gasteiger partial charge in [0, 0.05) is 6.04 Å². The van der Waals surface area contributed by atoms with Gasteiger partial charge in [-0.25, -0.2) is 4.79 Å². The fourth-order valence-corrected chi connectivity index (χ4v) is 1.87. The predicted octanol–water partition coefficient (Wildman–Crippen LogP) is 1.74. The Balaban J connectivity index is 2.62. The minimum Gasteiger partial charge on any atom is -0.482 e. The Labute approximate surface area is 124 Å². The summed E-state index contributed by atoms with van der Waals surface area (Å²) in [5.74, 6) is -0.420. The minimum atomic E-state index is -0.485. The second-order valence-electron chi connectivity index (χ2n) is 4.79. The van der Waals surface area contributed by atoms with E-state index < -0.39 is 5.97 Å². The molecule has 0 spiro atoms. The summed E-state index contributed by atoms with van der Waals surface area (Å²) in [6.45, 7) is 3.84. The van der Waals surface area contributed by atoms with E-state index in [2.05, 4.69) is 17.0 Å². The molecule has 1 atom stereocenters. The van der Waals surface area contributed by atoms with Crippen LogP contribution < -0.4 is 15.8 Å². The van der Waals surface area contributed by atoms with Crippen LogP contribution in [0.3, 0.4) is 0 Å². The van der Waals surface area contributed by atoms with Gasteiger partial charge in [0.2, 0.25) is 0 Å². The summed E-state index contributed by atoms with van der Waals surface area (Å²) in [4.78, 5) is 23.2. The Morgan fingerprint density at radius 2 is 2.10 bits per heavy atom. The molecule has 0 aliphatic rings. The highest BCUT2D eigenvalue weighted by Gasteiger charge is 2.12. The molecule has 0 aliphatic carbocycles. The molecule has 1 rings (SSSR count). The van der Waals surface area contributed by atoms with Gasteiger partial charge in [0.25, 0.3) is 5.91 Å². The van der Waals surface area contributed by atoms with Gasteiger partial charge in [-0.15, -0.1) is 0 Å². The van der Waals surface area contributed by atoms with Crippen molar-refractivity contribution in [3.05, 3.63) is 23.8 Å². The van der Waals surface area contributed by atoms with Gasteiger partial charge in [-0.1, -0.05) is 13.3 Å². The van der Waals surface area contributed by atoms with Crippen LogP contribution >= 0.6 is 0 Å². The Hall–Kier alpha value is -2.24. The molecule has 21 heavy (non-hydrogen) atoms. The summed E-state index contributed by atoms with van der Waals surface area (Å²) in [5.41, 5.74) is 6.44. The number of nitrogens with two attached hydrogens (primary N) is 1. The second kappa shape index (κ2) is 8.14. The third-order valence-electron chi connectivity index (χ3n) is 2.92. The monoisotopic (exact) mass is 294 g/mol. The number of hydrogen-bond acceptors (Lipinski definition) is 5. The smallest absolute Gasteiger partial charge is 0.337 e. The first-order chi connectivity index (χ1) is 9.97. The number of carbonyl (C=O) groups excluding carboxylic acids is 2. The molecule has 116 valence electrons. The number of nitrogen functional groups attached to an aromatic ring is 1. The Kier molecular flexibility index (Phi) is 6.52. The van der Waals surface area contributed by atoms with Crippen LogP contribution in [0.25, 0.3) is 0 Å². The molecule has 0 aromatic heterocycles. The van der Waals surface area contributed by atoms with E-state index in [1.165, 1.54) is 19.2 Å². The average Bonchev–Trinajstić information content (AvgIpc) is 2.45. The van der Waals surface area contributed by atoms with Crippen LogP contribution in [0.1, 0.15) is 37.0 Å². The van der Waals surface area contributed by atoms with Crippen molar-refractivity contribution in [2.45, 2.75) is 32.7 Å². The molecule has 1 aromatic rings. The van der Waals surface area contributed by atoms with E-state index in [0.717, 1.165) is 12.8 Å². The number of hydrogen-bond donors (Lipinski definition) is 2. The van der Waals surface area contributed by atoms with Crippen LogP contribution in [0.5, 0.6) is 5.75 Å². The number of rotatable bonds is 7. The van der Waals surface area contributed by atoms with Crippen LogP contribution in [-0.4, -0.2) is 31.6 Å². The zero-order valence-corrected chi connectivity index (χ0v) is 12.6. The Bertz CT molecular complexity index is 502. The minimum absolute atomic E-state index is 0.102. The van der Waals surface area contributed by atoms with Crippen LogP contribution in [0, 0.1) is 0 Å². The van der Waals surface area contributed by atoms with Crippen molar-refractivity contribution in [3.63, 3.8) is 0 Å². The molecule has 1 aromatic carbocycles. The van der Waals surface area contributed by atoms with Crippen molar-refractivity contribution < 1.29 is 19.1 Å². The molecule has 6 heteroatoms. The topological polar surface area (TPSA) is 90.6 Å². The predicted molar refractivity (Wildman–Crippen MR) is 80.2 cm³/mol. The van der Waals surface area contributed by atoms with Gasteiger partial charge in [-0.2, -0.15) is 0 Å². The van der Waals surface area contributed by atoms with Gasteiger partial charge in [0.05, 0.1) is 18.4 Å². The zero-order valence-electron chi connectivity index (χ0n) is 12.6. The zero-order chi connectivity index (χ0) is 15.8. The maximum atomic E-state index is 11.7. The largest absolute Gasteiger partial charge is 0.482 e. The summed E-state index contributed by atoms with van der Waals surface area (Å²) in [6, 6.07) is 4.64. The number of carbonyl (C=O) groups is 2. The van der Waals surface area contributed by atoms with Gasteiger partial charge in [0.15, 0.2) is 6.61 Å². The fraction of sp³-hybridized carbons (Fsp3) is 0.467. The normalized spacial score (nSPS) is 11.6. The molecule has 0 radical (unpaired) electrons. The number of nitrogens with one attached hydrogen (secondary N) is 1. The summed E-state index contributed by atoms with van der Waals surface area (Å²) < 4.78 is 9.99. The van der Waals surface area contributed by atoms with E-state index in [1.807, 2.05) is 6.92 Å². The molecule has 0 bridgehead atoms. The van der Waals surface area contributed by atoms with Crippen LogP contribution in [-0.2, 0) is 9.53 Å². The number of methoxy groups -OCH3 is 1. The molecule has 1 unspecified atom stereocenters. The fourth-order valence-electron chi connectivity index (χ4n) is 1.87. The molecule has 0 saturated carbocycles. The summed E-state index contributed by atoms with van der Waals surface area (Å²) >= 11 is 0. The molecule has 3 N–H and O–H groups in total. The van der Waals surface area contributed by atoms with Crippen molar-refractivity contribution in [1.29, 1.82) is 0 Å². The van der Waals surface area contributed by atoms with Gasteiger partial charge in [-0.3, -0.25) is 4.79 Å². The summed E-state index contributed by atoms with van der Waals surface area (Å²) in [7, 11) is 1.29. The van der Waals surface area contributed by atoms with Crippen molar-refractivity contribution in [3.8, 4) is 5.75 Å². The lowest BCUT2D eigenvalue weighted by molar-refractivity contribution is -0.123. The van der Waals surface area contributed by atoms with Gasteiger partial charge >= 0.3 is 5.97 Å². The summed E-state index contributed by atoms with van der Waals surface area (Å²) in [6.07, 6.45) is 1.90. The molecule has 1 amide bonds. The first-order valence-electron chi connectivity index (χ1n) is 6.88. The van der Waals surface area contributed by atoms with Crippen LogP contribution in [0.2, 0.25) is 0 Å². The quantitative estimate of drug-likeness (QED) is 0.590. The van der Waals surface area contributed by atoms with E-state index in [0.29, 0.717) is 11.3 Å². The van der Waals surface area contributed by atoms with Crippen molar-refractivity contribution in [2.75, 3.05) is 19.5 Å². The number of esters is 1. The van der Waals surface area contributed by atoms with Crippen molar-refractivity contribution in [1.82, 2.24) is 5.32 Å². The number of ether oxygens (including phenoxy) is 2. The van der Waals surface area contributed by atoms with Gasteiger partial charge in [-0.05, 0) is 31.5 Å². The Morgan fingerprint density at radius 1 is 1.38 bits per heavy atom. The molecule has 0 fully saturated rings. The highest BCUT2D eigenvalue weighted by atomic mass is 16.5. The standard InChI is InChI=1S/C15H22N2O4/c1-4-5-10(2)17-14(18)9-21-13-8-11(15(19)20-3)6-7-12(13)16/h6-8,10H,4-5,9,16H2,1-3H3,(H,17,18). The number of benzene rings is 1. The highest BCUT2D eigenvalue weighted by molar-refractivity contribution is 5.90. The molecule has 0 heterocycles. The van der Waals surface area contributed by atoms with Crippen LogP contribution in [0.4, 0.5) is 5.69 Å². The molecule has 0 aliphatic heterocycles. The van der Waals surface area contributed by atoms with E-state index in [4.69, 9.17) is 10.5 Å². The first-order valence-corrected chi connectivity index (χ1v) is 6.88. The van der Waals surface area contributed by atoms with Crippen molar-refractivity contribution >= 4 is 17.6 Å². The number of amides is 1. The lowest BCUT2D eigenvalue weighted by Crippen LogP contribution is -2.36. The third-order valence-corrected chi connectivity index (χ3v) is 2.92. The van der Waals surface area contributed by atoms with Gasteiger partial charge < -0.3 is 20.5 Å². The van der Waals surface area contributed by atoms with Crippen molar-refractivity contribution in [2.24, 2.45) is 0 Å². The SMILES string of the molecule is CCCC(C)NC(=O)COc1cc(C(=O)OC)ccc1N. The molecule has 0 saturated heterocycles. The summed E-state index contributed by atoms with van der Waals surface area (Å²) in [5, 5.41) is 2.82. The average molecular weight is 294 g/mol. The lowest BCUT2D eigenvalue weighted by Gasteiger charge is -2.14. The van der Waals surface area contributed by atoms with Gasteiger partial charge in [0.1, 0.15) is 5.75 Å². The number of anilines is 1. The van der Waals surface area contributed by atoms with E-state index in [1.54, 1.807) is 6.07 Å². The molecule has 6 nitrogen and oxygen atoms in total. The van der Waals surface area contributed by atoms with Crippen LogP contribution in [0.15, 0.2) is 18.2 Å². The van der Waals surface area contributed by atoms with E-state index in [9.17, 15) is 9.59 Å². The third kappa shape index (κ3) is 5.33. The van der Waals surface area contributed by atoms with E-state index >= 15 is 0 Å².